The number of fused-ring (bicyclic) bond motifs is 1. The summed E-state index contributed by atoms with van der Waals surface area (Å²) in [6, 6.07) is 24.3. The Kier molecular flexibility index (Phi) is 5.79. The number of nitrogens with zero attached hydrogens (tertiary/aromatic N) is 2. The van der Waals surface area contributed by atoms with Crippen molar-refractivity contribution < 1.29 is 9.59 Å². The lowest BCUT2D eigenvalue weighted by atomic mass is 9.93. The third kappa shape index (κ3) is 4.08. The molecular formula is C28H31N3O2. The van der Waals surface area contributed by atoms with Gasteiger partial charge in [0.05, 0.1) is 6.54 Å². The quantitative estimate of drug-likeness (QED) is 0.604. The van der Waals surface area contributed by atoms with E-state index in [2.05, 4.69) is 17.4 Å². The van der Waals surface area contributed by atoms with Gasteiger partial charge in [-0.3, -0.25) is 9.59 Å². The van der Waals surface area contributed by atoms with Crippen LogP contribution >= 0.6 is 0 Å². The van der Waals surface area contributed by atoms with Crippen LogP contribution in [0.15, 0.2) is 72.8 Å². The van der Waals surface area contributed by atoms with Crippen molar-refractivity contribution in [2.45, 2.75) is 57.2 Å². The van der Waals surface area contributed by atoms with Crippen LogP contribution in [0.1, 0.15) is 48.7 Å². The molecule has 0 saturated heterocycles. The van der Waals surface area contributed by atoms with Gasteiger partial charge < -0.3 is 14.8 Å². The van der Waals surface area contributed by atoms with Gasteiger partial charge in [0.2, 0.25) is 5.91 Å². The van der Waals surface area contributed by atoms with Crippen molar-refractivity contribution in [3.63, 3.8) is 0 Å². The molecule has 0 spiro atoms. The average Bonchev–Trinajstić information content (AvgIpc) is 3.50. The molecule has 1 aromatic heterocycles. The maximum Gasteiger partial charge on any atom is 0.271 e. The number of nitrogens with one attached hydrogen (secondary N) is 1. The molecule has 5 rings (SSSR count). The van der Waals surface area contributed by atoms with Gasteiger partial charge in [-0.25, -0.2) is 0 Å². The number of benzene rings is 2. The van der Waals surface area contributed by atoms with E-state index in [9.17, 15) is 9.59 Å². The van der Waals surface area contributed by atoms with Crippen LogP contribution < -0.4 is 5.32 Å². The van der Waals surface area contributed by atoms with Gasteiger partial charge >= 0.3 is 0 Å². The Hall–Kier alpha value is -3.34. The molecule has 1 fully saturated rings. The number of hydrogen-bond donors (Lipinski definition) is 1. The predicted molar refractivity (Wildman–Crippen MR) is 130 cm³/mol. The number of amides is 2. The van der Waals surface area contributed by atoms with Gasteiger partial charge in [-0.1, -0.05) is 73.5 Å². The largest absolute Gasteiger partial charge is 0.351 e. The molecular weight excluding hydrogens is 410 g/mol. The van der Waals surface area contributed by atoms with Gasteiger partial charge in [0, 0.05) is 18.3 Å². The zero-order valence-corrected chi connectivity index (χ0v) is 19.2. The van der Waals surface area contributed by atoms with Gasteiger partial charge in [0.15, 0.2) is 0 Å². The Morgan fingerprint density at radius 3 is 2.27 bits per heavy atom. The van der Waals surface area contributed by atoms with Crippen LogP contribution in [0.2, 0.25) is 0 Å². The van der Waals surface area contributed by atoms with E-state index in [1.54, 1.807) is 4.90 Å². The topological polar surface area (TPSA) is 54.3 Å². The van der Waals surface area contributed by atoms with Gasteiger partial charge in [-0.2, -0.15) is 0 Å². The van der Waals surface area contributed by atoms with Gasteiger partial charge in [0.1, 0.15) is 11.2 Å². The minimum absolute atomic E-state index is 0.0471. The lowest BCUT2D eigenvalue weighted by molar-refractivity contribution is -0.133. The first-order valence-electron chi connectivity index (χ1n) is 12.0. The second-order valence-electron chi connectivity index (χ2n) is 9.48. The van der Waals surface area contributed by atoms with E-state index >= 15 is 0 Å². The van der Waals surface area contributed by atoms with Crippen LogP contribution in [-0.4, -0.2) is 39.4 Å². The summed E-state index contributed by atoms with van der Waals surface area (Å²) in [6.07, 6.45) is 5.05. The molecule has 33 heavy (non-hydrogen) atoms. The van der Waals surface area contributed by atoms with Crippen molar-refractivity contribution in [1.82, 2.24) is 14.8 Å². The highest BCUT2D eigenvalue weighted by Crippen LogP contribution is 2.33. The van der Waals surface area contributed by atoms with E-state index in [1.807, 2.05) is 72.2 Å². The first-order valence-corrected chi connectivity index (χ1v) is 12.0. The monoisotopic (exact) mass is 441 g/mol. The molecule has 5 heteroatoms. The molecule has 0 bridgehead atoms. The number of aromatic nitrogens is 1. The first-order chi connectivity index (χ1) is 16.1. The normalized spacial score (nSPS) is 20.6. The maximum absolute atomic E-state index is 13.8. The molecule has 1 saturated carbocycles. The van der Waals surface area contributed by atoms with Crippen LogP contribution in [0, 0.1) is 0 Å². The zero-order chi connectivity index (χ0) is 22.8. The minimum atomic E-state index is -0.954. The Bertz CT molecular complexity index is 1130. The first kappa shape index (κ1) is 21.5. The highest BCUT2D eigenvalue weighted by molar-refractivity contribution is 6.00. The lowest BCUT2D eigenvalue weighted by Crippen LogP contribution is -2.65. The fourth-order valence-corrected chi connectivity index (χ4v) is 5.28. The summed E-state index contributed by atoms with van der Waals surface area (Å²) in [6.45, 7) is 2.87. The Morgan fingerprint density at radius 1 is 0.939 bits per heavy atom. The third-order valence-electron chi connectivity index (χ3n) is 7.22. The van der Waals surface area contributed by atoms with Crippen molar-refractivity contribution in [2.75, 3.05) is 6.54 Å². The van der Waals surface area contributed by atoms with Crippen molar-refractivity contribution in [3.8, 4) is 11.3 Å². The SMILES string of the molecule is C[C@]1(C(=O)NC2CCCC2)Cn2c(ccc2-c2ccccc2)C(=O)N1CCc1ccccc1. The van der Waals surface area contributed by atoms with Crippen LogP contribution in [0.3, 0.4) is 0 Å². The molecule has 2 amide bonds. The van der Waals surface area contributed by atoms with E-state index in [0.29, 0.717) is 25.2 Å². The molecule has 2 aliphatic rings. The molecule has 1 atom stereocenters. The smallest absolute Gasteiger partial charge is 0.271 e. The van der Waals surface area contributed by atoms with Crippen LogP contribution in [-0.2, 0) is 17.8 Å². The molecule has 2 aromatic carbocycles. The molecule has 2 heterocycles. The third-order valence-corrected chi connectivity index (χ3v) is 7.22. The summed E-state index contributed by atoms with van der Waals surface area (Å²) in [5.74, 6) is -0.127. The second kappa shape index (κ2) is 8.89. The van der Waals surface area contributed by atoms with E-state index in [0.717, 1.165) is 42.5 Å². The Morgan fingerprint density at radius 2 is 1.58 bits per heavy atom. The summed E-state index contributed by atoms with van der Waals surface area (Å²) in [5, 5.41) is 3.27. The molecule has 170 valence electrons. The summed E-state index contributed by atoms with van der Waals surface area (Å²) in [4.78, 5) is 29.3. The lowest BCUT2D eigenvalue weighted by Gasteiger charge is -2.45. The number of carbonyl (C=O) groups is 2. The van der Waals surface area contributed by atoms with Gasteiger partial charge in [0.25, 0.3) is 5.91 Å². The standard InChI is InChI=1S/C28H31N3O2/c1-28(27(33)29-23-14-8-9-15-23)20-30-24(22-12-6-3-7-13-22)16-17-25(30)26(32)31(28)19-18-21-10-4-2-5-11-21/h2-7,10-13,16-17,23H,8-9,14-15,18-20H2,1H3,(H,29,33)/t28-/m1/s1. The van der Waals surface area contributed by atoms with Crippen molar-refractivity contribution in [3.05, 3.63) is 84.1 Å². The molecule has 0 unspecified atom stereocenters. The zero-order valence-electron chi connectivity index (χ0n) is 19.2. The van der Waals surface area contributed by atoms with Crippen molar-refractivity contribution in [1.29, 1.82) is 0 Å². The summed E-state index contributed by atoms with van der Waals surface area (Å²) in [5.41, 5.74) is 2.88. The minimum Gasteiger partial charge on any atom is -0.351 e. The van der Waals surface area contributed by atoms with E-state index in [-0.39, 0.29) is 17.9 Å². The second-order valence-corrected chi connectivity index (χ2v) is 9.48. The van der Waals surface area contributed by atoms with Gasteiger partial charge in [-0.15, -0.1) is 0 Å². The molecule has 5 nitrogen and oxygen atoms in total. The number of rotatable bonds is 6. The summed E-state index contributed by atoms with van der Waals surface area (Å²) >= 11 is 0. The number of carbonyl (C=O) groups excluding carboxylic acids is 2. The average molecular weight is 442 g/mol. The number of hydrogen-bond acceptors (Lipinski definition) is 2. The molecule has 1 aliphatic carbocycles. The Balaban J connectivity index is 1.50. The van der Waals surface area contributed by atoms with E-state index in [1.165, 1.54) is 0 Å². The van der Waals surface area contributed by atoms with E-state index in [4.69, 9.17) is 0 Å². The summed E-state index contributed by atoms with van der Waals surface area (Å²) < 4.78 is 2.03. The maximum atomic E-state index is 13.8. The van der Waals surface area contributed by atoms with Crippen LogP contribution in [0.25, 0.3) is 11.3 Å². The highest BCUT2D eigenvalue weighted by Gasteiger charge is 2.48. The molecule has 0 radical (unpaired) electrons. The van der Waals surface area contributed by atoms with E-state index < -0.39 is 5.54 Å². The fraction of sp³-hybridized carbons (Fsp3) is 0.357. The van der Waals surface area contributed by atoms with Crippen LogP contribution in [0.5, 0.6) is 0 Å². The van der Waals surface area contributed by atoms with Crippen molar-refractivity contribution >= 4 is 11.8 Å². The summed E-state index contributed by atoms with van der Waals surface area (Å²) in [7, 11) is 0. The van der Waals surface area contributed by atoms with Gasteiger partial charge in [-0.05, 0) is 49.4 Å². The van der Waals surface area contributed by atoms with Crippen molar-refractivity contribution in [2.24, 2.45) is 0 Å². The predicted octanol–water partition coefficient (Wildman–Crippen LogP) is 4.67. The Labute approximate surface area is 195 Å². The molecule has 3 aromatic rings. The fourth-order valence-electron chi connectivity index (χ4n) is 5.28. The highest BCUT2D eigenvalue weighted by atomic mass is 16.2. The molecule has 1 N–H and O–H groups in total. The molecule has 1 aliphatic heterocycles. The van der Waals surface area contributed by atoms with Crippen LogP contribution in [0.4, 0.5) is 0 Å².